The molecule has 2 unspecified atom stereocenters. The number of allylic oxidation sites excluding steroid dienone is 1. The SMILES string of the molecule is C=CCC1C(O)CC(C)(C)NC1(C)C. The molecule has 1 aliphatic rings. The van der Waals surface area contributed by atoms with Crippen molar-refractivity contribution >= 4 is 0 Å². The molecule has 82 valence electrons. The number of aliphatic hydroxyl groups is 1. The maximum atomic E-state index is 10.1. The van der Waals surface area contributed by atoms with Gasteiger partial charge in [0.05, 0.1) is 6.10 Å². The first-order valence-electron chi connectivity index (χ1n) is 5.37. The van der Waals surface area contributed by atoms with Gasteiger partial charge in [0.25, 0.3) is 0 Å². The van der Waals surface area contributed by atoms with Crippen LogP contribution < -0.4 is 5.32 Å². The maximum absolute atomic E-state index is 10.1. The fraction of sp³-hybridized carbons (Fsp3) is 0.833. The van der Waals surface area contributed by atoms with Gasteiger partial charge in [-0.15, -0.1) is 6.58 Å². The molecular formula is C12H23NO. The van der Waals surface area contributed by atoms with Crippen molar-refractivity contribution < 1.29 is 5.11 Å². The van der Waals surface area contributed by atoms with E-state index in [1.54, 1.807) is 0 Å². The molecule has 0 aliphatic carbocycles. The summed E-state index contributed by atoms with van der Waals surface area (Å²) in [5, 5.41) is 13.7. The fourth-order valence-corrected chi connectivity index (χ4v) is 2.79. The van der Waals surface area contributed by atoms with Crippen LogP contribution in [0, 0.1) is 5.92 Å². The Kier molecular flexibility index (Phi) is 3.07. The van der Waals surface area contributed by atoms with Gasteiger partial charge in [-0.2, -0.15) is 0 Å². The molecule has 1 rings (SSSR count). The summed E-state index contributed by atoms with van der Waals surface area (Å²) in [6, 6.07) is 0. The van der Waals surface area contributed by atoms with E-state index in [9.17, 15) is 5.11 Å². The van der Waals surface area contributed by atoms with E-state index in [0.717, 1.165) is 12.8 Å². The quantitative estimate of drug-likeness (QED) is 0.664. The summed E-state index contributed by atoms with van der Waals surface area (Å²) in [5.41, 5.74) is 0.00986. The summed E-state index contributed by atoms with van der Waals surface area (Å²) in [7, 11) is 0. The van der Waals surface area contributed by atoms with Crippen LogP contribution in [0.3, 0.4) is 0 Å². The predicted molar refractivity (Wildman–Crippen MR) is 60.2 cm³/mol. The van der Waals surface area contributed by atoms with Crippen LogP contribution in [0.1, 0.15) is 40.5 Å². The topological polar surface area (TPSA) is 32.3 Å². The summed E-state index contributed by atoms with van der Waals surface area (Å²) in [6.07, 6.45) is 3.36. The summed E-state index contributed by atoms with van der Waals surface area (Å²) >= 11 is 0. The third-order valence-electron chi connectivity index (χ3n) is 3.19. The van der Waals surface area contributed by atoms with E-state index in [2.05, 4.69) is 39.6 Å². The zero-order valence-electron chi connectivity index (χ0n) is 9.80. The minimum absolute atomic E-state index is 0.0185. The summed E-state index contributed by atoms with van der Waals surface area (Å²) in [4.78, 5) is 0. The third-order valence-corrected chi connectivity index (χ3v) is 3.19. The second-order valence-corrected chi connectivity index (χ2v) is 5.63. The van der Waals surface area contributed by atoms with Gasteiger partial charge in [-0.25, -0.2) is 0 Å². The average molecular weight is 197 g/mol. The van der Waals surface area contributed by atoms with Crippen LogP contribution in [-0.2, 0) is 0 Å². The summed E-state index contributed by atoms with van der Waals surface area (Å²) in [6.45, 7) is 12.4. The smallest absolute Gasteiger partial charge is 0.0606 e. The Morgan fingerprint density at radius 2 is 2.00 bits per heavy atom. The molecule has 0 aromatic rings. The lowest BCUT2D eigenvalue weighted by Gasteiger charge is -2.50. The first-order chi connectivity index (χ1) is 6.28. The molecule has 0 saturated carbocycles. The van der Waals surface area contributed by atoms with Crippen molar-refractivity contribution in [2.24, 2.45) is 5.92 Å². The van der Waals surface area contributed by atoms with Gasteiger partial charge in [0.1, 0.15) is 0 Å². The molecular weight excluding hydrogens is 174 g/mol. The van der Waals surface area contributed by atoms with E-state index in [1.807, 2.05) is 6.08 Å². The van der Waals surface area contributed by atoms with E-state index in [1.165, 1.54) is 0 Å². The second kappa shape index (κ2) is 3.67. The first-order valence-corrected chi connectivity index (χ1v) is 5.37. The molecule has 0 aromatic heterocycles. The van der Waals surface area contributed by atoms with Gasteiger partial charge < -0.3 is 10.4 Å². The fourth-order valence-electron chi connectivity index (χ4n) is 2.79. The van der Waals surface area contributed by atoms with E-state index >= 15 is 0 Å². The second-order valence-electron chi connectivity index (χ2n) is 5.63. The van der Waals surface area contributed by atoms with Gasteiger partial charge >= 0.3 is 0 Å². The Balaban J connectivity index is 2.83. The minimum atomic E-state index is -0.223. The van der Waals surface area contributed by atoms with Crippen molar-refractivity contribution in [2.45, 2.75) is 57.7 Å². The Hall–Kier alpha value is -0.340. The highest BCUT2D eigenvalue weighted by atomic mass is 16.3. The van der Waals surface area contributed by atoms with E-state index < -0.39 is 0 Å². The van der Waals surface area contributed by atoms with Crippen molar-refractivity contribution in [1.29, 1.82) is 0 Å². The van der Waals surface area contributed by atoms with Crippen LogP contribution in [0.5, 0.6) is 0 Å². The van der Waals surface area contributed by atoms with Crippen LogP contribution in [0.2, 0.25) is 0 Å². The number of hydrogen-bond donors (Lipinski definition) is 2. The van der Waals surface area contributed by atoms with Gasteiger partial charge in [0.15, 0.2) is 0 Å². The monoisotopic (exact) mass is 197 g/mol. The van der Waals surface area contributed by atoms with E-state index in [4.69, 9.17) is 0 Å². The largest absolute Gasteiger partial charge is 0.393 e. The number of piperidine rings is 1. The van der Waals surface area contributed by atoms with Crippen LogP contribution in [0.25, 0.3) is 0 Å². The van der Waals surface area contributed by atoms with Crippen LogP contribution in [0.15, 0.2) is 12.7 Å². The molecule has 2 nitrogen and oxygen atoms in total. The molecule has 0 radical (unpaired) electrons. The molecule has 0 aromatic carbocycles. The molecule has 1 saturated heterocycles. The summed E-state index contributed by atoms with van der Waals surface area (Å²) < 4.78 is 0. The molecule has 1 aliphatic heterocycles. The van der Waals surface area contributed by atoms with Crippen molar-refractivity contribution in [2.75, 3.05) is 0 Å². The Labute approximate surface area is 87.4 Å². The van der Waals surface area contributed by atoms with E-state index in [-0.39, 0.29) is 23.1 Å². The van der Waals surface area contributed by atoms with Gasteiger partial charge in [-0.1, -0.05) is 6.08 Å². The molecule has 2 heteroatoms. The van der Waals surface area contributed by atoms with E-state index in [0.29, 0.717) is 0 Å². The molecule has 2 N–H and O–H groups in total. The molecule has 0 bridgehead atoms. The lowest BCUT2D eigenvalue weighted by Crippen LogP contribution is -2.64. The first kappa shape index (κ1) is 11.7. The zero-order chi connectivity index (χ0) is 11.0. The zero-order valence-corrected chi connectivity index (χ0v) is 9.80. The van der Waals surface area contributed by atoms with Crippen LogP contribution in [0.4, 0.5) is 0 Å². The molecule has 14 heavy (non-hydrogen) atoms. The maximum Gasteiger partial charge on any atom is 0.0606 e. The number of aliphatic hydroxyl groups excluding tert-OH is 1. The molecule has 0 spiro atoms. The Bertz CT molecular complexity index is 220. The minimum Gasteiger partial charge on any atom is -0.393 e. The molecule has 2 atom stereocenters. The molecule has 0 amide bonds. The van der Waals surface area contributed by atoms with Gasteiger partial charge in [0, 0.05) is 17.0 Å². The van der Waals surface area contributed by atoms with Gasteiger partial charge in [-0.3, -0.25) is 0 Å². The highest BCUT2D eigenvalue weighted by Crippen LogP contribution is 2.35. The molecule has 1 heterocycles. The molecule has 1 fully saturated rings. The van der Waals surface area contributed by atoms with Crippen molar-refractivity contribution in [1.82, 2.24) is 5.32 Å². The van der Waals surface area contributed by atoms with Gasteiger partial charge in [-0.05, 0) is 40.5 Å². The summed E-state index contributed by atoms with van der Waals surface area (Å²) in [5.74, 6) is 0.271. The number of hydrogen-bond acceptors (Lipinski definition) is 2. The highest BCUT2D eigenvalue weighted by molar-refractivity contribution is 5.03. The highest BCUT2D eigenvalue weighted by Gasteiger charge is 2.44. The Morgan fingerprint density at radius 3 is 2.43 bits per heavy atom. The average Bonchev–Trinajstić information content (AvgIpc) is 1.93. The van der Waals surface area contributed by atoms with Crippen LogP contribution >= 0.6 is 0 Å². The van der Waals surface area contributed by atoms with Crippen molar-refractivity contribution in [3.8, 4) is 0 Å². The lowest BCUT2D eigenvalue weighted by molar-refractivity contribution is -0.0199. The van der Waals surface area contributed by atoms with Crippen molar-refractivity contribution in [3.63, 3.8) is 0 Å². The lowest BCUT2D eigenvalue weighted by atomic mass is 9.71. The van der Waals surface area contributed by atoms with Gasteiger partial charge in [0.2, 0.25) is 0 Å². The standard InChI is InChI=1S/C12H23NO/c1-6-7-9-10(14)8-11(2,3)13-12(9,4)5/h6,9-10,13-14H,1,7-8H2,2-5H3. The number of nitrogens with one attached hydrogen (secondary N) is 1. The number of rotatable bonds is 2. The predicted octanol–water partition coefficient (Wildman–Crippen LogP) is 2.09. The van der Waals surface area contributed by atoms with Crippen molar-refractivity contribution in [3.05, 3.63) is 12.7 Å². The Morgan fingerprint density at radius 1 is 1.43 bits per heavy atom. The van der Waals surface area contributed by atoms with Crippen LogP contribution in [-0.4, -0.2) is 22.3 Å². The normalized spacial score (nSPS) is 35.2. The third kappa shape index (κ3) is 2.37.